The highest BCUT2D eigenvalue weighted by Gasteiger charge is 2.21. The van der Waals surface area contributed by atoms with E-state index in [1.807, 2.05) is 19.9 Å². The highest BCUT2D eigenvalue weighted by Crippen LogP contribution is 2.17. The van der Waals surface area contributed by atoms with E-state index in [1.54, 1.807) is 13.0 Å². The second-order valence-electron chi connectivity index (χ2n) is 4.84. The molecule has 0 spiro atoms. The van der Waals surface area contributed by atoms with Crippen LogP contribution in [-0.2, 0) is 14.8 Å². The fourth-order valence-electron chi connectivity index (χ4n) is 1.67. The summed E-state index contributed by atoms with van der Waals surface area (Å²) in [5, 5.41) is 8.82. The van der Waals surface area contributed by atoms with Gasteiger partial charge in [-0.3, -0.25) is 4.79 Å². The molecule has 6 heteroatoms. The van der Waals surface area contributed by atoms with Crippen LogP contribution in [0.4, 0.5) is 0 Å². The summed E-state index contributed by atoms with van der Waals surface area (Å²) in [6.45, 7) is 5.44. The maximum Gasteiger partial charge on any atom is 0.264 e. The van der Waals surface area contributed by atoms with Gasteiger partial charge in [0, 0.05) is 6.42 Å². The summed E-state index contributed by atoms with van der Waals surface area (Å²) < 4.78 is 26.4. The Kier molecular flexibility index (Phi) is 5.28. The van der Waals surface area contributed by atoms with E-state index in [0.29, 0.717) is 5.56 Å². The number of aryl methyl sites for hydroxylation is 1. The molecule has 0 aliphatic heterocycles. The normalized spacial score (nSPS) is 12.5. The monoisotopic (exact) mass is 294 g/mol. The van der Waals surface area contributed by atoms with Crippen LogP contribution in [0.2, 0.25) is 0 Å². The molecule has 1 aromatic carbocycles. The molecule has 0 saturated carbocycles. The molecule has 1 aromatic rings. The number of carbonyl (C=O) groups excluding carboxylic acids is 1. The van der Waals surface area contributed by atoms with Crippen molar-refractivity contribution in [3.8, 4) is 6.07 Å². The zero-order chi connectivity index (χ0) is 15.3. The highest BCUT2D eigenvalue weighted by atomic mass is 32.2. The predicted octanol–water partition coefficient (Wildman–Crippen LogP) is 2.11. The molecular weight excluding hydrogens is 276 g/mol. The molecular formula is C14H18N2O3S. The minimum Gasteiger partial charge on any atom is -0.274 e. The third-order valence-corrected chi connectivity index (χ3v) is 4.60. The number of carbonyl (C=O) groups is 1. The molecule has 0 saturated heterocycles. The first kappa shape index (κ1) is 16.2. The second-order valence-corrected chi connectivity index (χ2v) is 6.49. The fraction of sp³-hybridized carbons (Fsp3) is 0.429. The zero-order valence-corrected chi connectivity index (χ0v) is 12.6. The summed E-state index contributed by atoms with van der Waals surface area (Å²) in [5.41, 5.74) is 0.734. The van der Waals surface area contributed by atoms with Gasteiger partial charge < -0.3 is 0 Å². The average Bonchev–Trinajstić information content (AvgIpc) is 2.38. The van der Waals surface area contributed by atoms with Crippen molar-refractivity contribution in [1.82, 2.24) is 4.72 Å². The SMILES string of the molecule is CC[C@@H](C)CC(=O)NS(=O)(=O)c1cc(C#N)ccc1C. The van der Waals surface area contributed by atoms with Crippen LogP contribution in [0, 0.1) is 24.2 Å². The Balaban J connectivity index is 3.00. The minimum atomic E-state index is -3.93. The third-order valence-electron chi connectivity index (χ3n) is 3.09. The smallest absolute Gasteiger partial charge is 0.264 e. The van der Waals surface area contributed by atoms with Gasteiger partial charge in [-0.05, 0) is 30.5 Å². The van der Waals surface area contributed by atoms with E-state index in [9.17, 15) is 13.2 Å². The summed E-state index contributed by atoms with van der Waals surface area (Å²) in [5.74, 6) is -0.405. The number of nitriles is 1. The Bertz CT molecular complexity index is 645. The number of sulfonamides is 1. The molecule has 0 radical (unpaired) electrons. The molecule has 108 valence electrons. The third kappa shape index (κ3) is 4.07. The fourth-order valence-corrected chi connectivity index (χ4v) is 2.93. The summed E-state index contributed by atoms with van der Waals surface area (Å²) in [6.07, 6.45) is 0.961. The van der Waals surface area contributed by atoms with Crippen molar-refractivity contribution in [2.75, 3.05) is 0 Å². The van der Waals surface area contributed by atoms with E-state index in [1.165, 1.54) is 12.1 Å². The number of hydrogen-bond donors (Lipinski definition) is 1. The lowest BCUT2D eigenvalue weighted by molar-refractivity contribution is -0.120. The van der Waals surface area contributed by atoms with Crippen molar-refractivity contribution in [3.63, 3.8) is 0 Å². The Labute approximate surface area is 119 Å². The van der Waals surface area contributed by atoms with Crippen molar-refractivity contribution >= 4 is 15.9 Å². The van der Waals surface area contributed by atoms with Gasteiger partial charge in [-0.2, -0.15) is 5.26 Å². The van der Waals surface area contributed by atoms with Crippen molar-refractivity contribution in [1.29, 1.82) is 5.26 Å². The van der Waals surface area contributed by atoms with Gasteiger partial charge in [0.25, 0.3) is 10.0 Å². The molecule has 1 atom stereocenters. The number of nitrogens with zero attached hydrogens (tertiary/aromatic N) is 1. The van der Waals surface area contributed by atoms with Crippen molar-refractivity contribution in [2.24, 2.45) is 5.92 Å². The molecule has 0 aromatic heterocycles. The Morgan fingerprint density at radius 3 is 2.65 bits per heavy atom. The van der Waals surface area contributed by atoms with Crippen LogP contribution in [0.25, 0.3) is 0 Å². The summed E-state index contributed by atoms with van der Waals surface area (Å²) in [4.78, 5) is 11.7. The Hall–Kier alpha value is -1.87. The Morgan fingerprint density at radius 1 is 1.45 bits per heavy atom. The van der Waals surface area contributed by atoms with Crippen LogP contribution in [0.15, 0.2) is 23.1 Å². The number of nitrogens with one attached hydrogen (secondary N) is 1. The lowest BCUT2D eigenvalue weighted by Gasteiger charge is -2.11. The van der Waals surface area contributed by atoms with Crippen molar-refractivity contribution < 1.29 is 13.2 Å². The highest BCUT2D eigenvalue weighted by molar-refractivity contribution is 7.90. The van der Waals surface area contributed by atoms with Gasteiger partial charge >= 0.3 is 0 Å². The molecule has 20 heavy (non-hydrogen) atoms. The molecule has 0 heterocycles. The van der Waals surface area contributed by atoms with E-state index in [4.69, 9.17) is 5.26 Å². The van der Waals surface area contributed by atoms with Gasteiger partial charge in [0.05, 0.1) is 16.5 Å². The van der Waals surface area contributed by atoms with Gasteiger partial charge in [-0.25, -0.2) is 13.1 Å². The van der Waals surface area contributed by atoms with Gasteiger partial charge in [0.15, 0.2) is 0 Å². The molecule has 1 rings (SSSR count). The lowest BCUT2D eigenvalue weighted by Crippen LogP contribution is -2.32. The van der Waals surface area contributed by atoms with Crippen LogP contribution in [0.1, 0.15) is 37.8 Å². The largest absolute Gasteiger partial charge is 0.274 e. The molecule has 0 unspecified atom stereocenters. The number of hydrogen-bond acceptors (Lipinski definition) is 4. The summed E-state index contributed by atoms with van der Waals surface area (Å²) in [6, 6.07) is 6.24. The van der Waals surface area contributed by atoms with Crippen LogP contribution < -0.4 is 4.72 Å². The lowest BCUT2D eigenvalue weighted by atomic mass is 10.1. The van der Waals surface area contributed by atoms with Crippen LogP contribution in [0.3, 0.4) is 0 Å². The summed E-state index contributed by atoms with van der Waals surface area (Å²) >= 11 is 0. The summed E-state index contributed by atoms with van der Waals surface area (Å²) in [7, 11) is -3.93. The number of rotatable bonds is 5. The molecule has 5 nitrogen and oxygen atoms in total. The topological polar surface area (TPSA) is 87.0 Å². The van der Waals surface area contributed by atoms with Gasteiger partial charge in [0.2, 0.25) is 5.91 Å². The molecule has 0 bridgehead atoms. The van der Waals surface area contributed by atoms with E-state index in [0.717, 1.165) is 6.42 Å². The molecule has 1 N–H and O–H groups in total. The van der Waals surface area contributed by atoms with Gasteiger partial charge in [0.1, 0.15) is 0 Å². The molecule has 0 aliphatic rings. The predicted molar refractivity (Wildman–Crippen MR) is 75.3 cm³/mol. The van der Waals surface area contributed by atoms with E-state index in [-0.39, 0.29) is 22.8 Å². The maximum atomic E-state index is 12.2. The van der Waals surface area contributed by atoms with Crippen molar-refractivity contribution in [3.05, 3.63) is 29.3 Å². The maximum absolute atomic E-state index is 12.2. The Morgan fingerprint density at radius 2 is 2.10 bits per heavy atom. The minimum absolute atomic E-state index is 0.0333. The van der Waals surface area contributed by atoms with Gasteiger partial charge in [-0.15, -0.1) is 0 Å². The van der Waals surface area contributed by atoms with Crippen LogP contribution in [0.5, 0.6) is 0 Å². The quantitative estimate of drug-likeness (QED) is 0.901. The van der Waals surface area contributed by atoms with E-state index in [2.05, 4.69) is 4.72 Å². The average molecular weight is 294 g/mol. The van der Waals surface area contributed by atoms with E-state index >= 15 is 0 Å². The molecule has 0 aliphatic carbocycles. The van der Waals surface area contributed by atoms with Crippen LogP contribution >= 0.6 is 0 Å². The van der Waals surface area contributed by atoms with Crippen LogP contribution in [-0.4, -0.2) is 14.3 Å². The first-order valence-corrected chi connectivity index (χ1v) is 7.85. The standard InChI is InChI=1S/C14H18N2O3S/c1-4-10(2)7-14(17)16-20(18,19)13-8-12(9-15)6-5-11(13)3/h5-6,8,10H,4,7H2,1-3H3,(H,16,17)/t10-/m1/s1. The first-order valence-electron chi connectivity index (χ1n) is 6.36. The second kappa shape index (κ2) is 6.53. The van der Waals surface area contributed by atoms with Gasteiger partial charge in [-0.1, -0.05) is 26.3 Å². The number of benzene rings is 1. The number of amides is 1. The van der Waals surface area contributed by atoms with E-state index < -0.39 is 15.9 Å². The first-order chi connectivity index (χ1) is 9.30. The van der Waals surface area contributed by atoms with Crippen molar-refractivity contribution in [2.45, 2.75) is 38.5 Å². The molecule has 1 amide bonds. The molecule has 0 fully saturated rings. The zero-order valence-electron chi connectivity index (χ0n) is 11.8.